The molecule has 4 N–H and O–H groups in total. The first-order chi connectivity index (χ1) is 19.6. The molecule has 1 aliphatic rings. The van der Waals surface area contributed by atoms with Crippen molar-refractivity contribution in [1.29, 1.82) is 0 Å². The van der Waals surface area contributed by atoms with Crippen molar-refractivity contribution in [2.24, 2.45) is 5.92 Å². The SMILES string of the molecule is CCC.CCC(C)C(NC(=O)C1CCCCN1C)C(=O)N(C)CCCc1nc(C(=O)NSc2ccc(N)cc2)cs1. The van der Waals surface area contributed by atoms with Crippen molar-refractivity contribution < 1.29 is 14.4 Å². The zero-order chi connectivity index (χ0) is 30.4. The van der Waals surface area contributed by atoms with Crippen LogP contribution in [-0.4, -0.2) is 71.8 Å². The van der Waals surface area contributed by atoms with Gasteiger partial charge in [-0.3, -0.25) is 24.0 Å². The van der Waals surface area contributed by atoms with Crippen LogP contribution in [0, 0.1) is 5.92 Å². The molecule has 0 saturated carbocycles. The number of amides is 3. The van der Waals surface area contributed by atoms with Crippen molar-refractivity contribution in [3.05, 3.63) is 40.3 Å². The first-order valence-electron chi connectivity index (χ1n) is 14.6. The van der Waals surface area contributed by atoms with Gasteiger partial charge in [-0.1, -0.05) is 47.0 Å². The summed E-state index contributed by atoms with van der Waals surface area (Å²) in [4.78, 5) is 47.9. The molecule has 2 heterocycles. The maximum absolute atomic E-state index is 13.3. The Morgan fingerprint density at radius 3 is 2.51 bits per heavy atom. The molecule has 3 amide bonds. The van der Waals surface area contributed by atoms with Crippen LogP contribution in [0.1, 0.15) is 81.7 Å². The zero-order valence-electron chi connectivity index (χ0n) is 25.4. The van der Waals surface area contributed by atoms with Gasteiger partial charge >= 0.3 is 0 Å². The number of nitrogen functional groups attached to an aromatic ring is 1. The molecule has 0 bridgehead atoms. The van der Waals surface area contributed by atoms with Crippen molar-refractivity contribution in [2.75, 3.05) is 32.9 Å². The molecule has 0 aliphatic carbocycles. The highest BCUT2D eigenvalue weighted by Crippen LogP contribution is 2.19. The number of nitrogens with two attached hydrogens (primary N) is 1. The lowest BCUT2D eigenvalue weighted by molar-refractivity contribution is -0.138. The largest absolute Gasteiger partial charge is 0.399 e. The summed E-state index contributed by atoms with van der Waals surface area (Å²) in [5.41, 5.74) is 6.74. The first kappa shape index (κ1) is 34.6. The molecule has 3 unspecified atom stereocenters. The summed E-state index contributed by atoms with van der Waals surface area (Å²) < 4.78 is 2.80. The number of aryl methyl sites for hydroxylation is 1. The standard InChI is InChI=1S/C27H40N6O3S2.C3H8/c1-5-18(2)24(30-26(35)22-9-6-7-15-32(22)3)27(36)33(4)16-8-10-23-29-21(17-37-23)25(34)31-38-20-13-11-19(28)12-14-20;1-3-2/h11-14,17-18,22,24H,5-10,15-16,28H2,1-4H3,(H,30,35)(H,31,34);3H2,1-2H3. The second-order valence-electron chi connectivity index (χ2n) is 10.7. The Morgan fingerprint density at radius 2 is 1.88 bits per heavy atom. The van der Waals surface area contributed by atoms with E-state index in [1.165, 1.54) is 29.7 Å². The molecular weight excluding hydrogens is 557 g/mol. The molecule has 9 nitrogen and oxygen atoms in total. The van der Waals surface area contributed by atoms with Crippen LogP contribution in [0.4, 0.5) is 5.69 Å². The van der Waals surface area contributed by atoms with Gasteiger partial charge in [0, 0.05) is 36.0 Å². The van der Waals surface area contributed by atoms with E-state index in [9.17, 15) is 14.4 Å². The van der Waals surface area contributed by atoms with Crippen molar-refractivity contribution in [1.82, 2.24) is 24.8 Å². The Bertz CT molecular complexity index is 1090. The molecule has 1 fully saturated rings. The maximum Gasteiger partial charge on any atom is 0.280 e. The number of hydrogen-bond donors (Lipinski definition) is 3. The van der Waals surface area contributed by atoms with Crippen LogP contribution >= 0.6 is 23.3 Å². The Labute approximate surface area is 254 Å². The number of aromatic nitrogens is 1. The smallest absolute Gasteiger partial charge is 0.280 e. The van der Waals surface area contributed by atoms with E-state index in [1.807, 2.05) is 33.0 Å². The Kier molecular flexibility index (Phi) is 15.2. The number of hydrogen-bond acceptors (Lipinski definition) is 8. The number of nitrogens with one attached hydrogen (secondary N) is 2. The van der Waals surface area contributed by atoms with Crippen LogP contribution in [0.15, 0.2) is 34.5 Å². The van der Waals surface area contributed by atoms with Crippen molar-refractivity contribution in [3.63, 3.8) is 0 Å². The number of piperidine rings is 1. The molecule has 228 valence electrons. The average molecular weight is 605 g/mol. The molecule has 1 saturated heterocycles. The van der Waals surface area contributed by atoms with Gasteiger partial charge in [-0.25, -0.2) is 4.98 Å². The molecule has 1 aliphatic heterocycles. The highest BCUT2D eigenvalue weighted by molar-refractivity contribution is 7.98. The predicted octanol–water partition coefficient (Wildman–Crippen LogP) is 4.98. The van der Waals surface area contributed by atoms with Crippen LogP contribution in [0.2, 0.25) is 0 Å². The van der Waals surface area contributed by atoms with Crippen LogP contribution in [0.25, 0.3) is 0 Å². The monoisotopic (exact) mass is 604 g/mol. The summed E-state index contributed by atoms with van der Waals surface area (Å²) in [6.45, 7) is 9.74. The van der Waals surface area contributed by atoms with Gasteiger partial charge in [0.15, 0.2) is 0 Å². The number of anilines is 1. The molecule has 41 heavy (non-hydrogen) atoms. The number of benzene rings is 1. The van der Waals surface area contributed by atoms with Crippen LogP contribution in [0.5, 0.6) is 0 Å². The highest BCUT2D eigenvalue weighted by atomic mass is 32.2. The minimum absolute atomic E-state index is 0.0361. The summed E-state index contributed by atoms with van der Waals surface area (Å²) in [6, 6.07) is 6.54. The topological polar surface area (TPSA) is 121 Å². The fourth-order valence-corrected chi connectivity index (χ4v) is 5.79. The minimum Gasteiger partial charge on any atom is -0.399 e. The van der Waals surface area contributed by atoms with Crippen molar-refractivity contribution in [3.8, 4) is 0 Å². The molecular formula is C30H48N6O3S2. The van der Waals surface area contributed by atoms with E-state index < -0.39 is 6.04 Å². The van der Waals surface area contributed by atoms with E-state index in [1.54, 1.807) is 29.5 Å². The second kappa shape index (κ2) is 18.0. The van der Waals surface area contributed by atoms with Gasteiger partial charge < -0.3 is 16.0 Å². The lowest BCUT2D eigenvalue weighted by Gasteiger charge is -2.34. The van der Waals surface area contributed by atoms with Gasteiger partial charge in [0.25, 0.3) is 5.91 Å². The second-order valence-corrected chi connectivity index (χ2v) is 12.5. The molecule has 1 aromatic carbocycles. The summed E-state index contributed by atoms with van der Waals surface area (Å²) in [6.07, 6.45) is 6.38. The Balaban J connectivity index is 0.00000187. The number of rotatable bonds is 12. The molecule has 2 aromatic rings. The Morgan fingerprint density at radius 1 is 1.20 bits per heavy atom. The molecule has 1 aromatic heterocycles. The van der Waals surface area contributed by atoms with E-state index in [0.717, 1.165) is 42.1 Å². The lowest BCUT2D eigenvalue weighted by Crippen LogP contribution is -2.56. The maximum atomic E-state index is 13.3. The van der Waals surface area contributed by atoms with Crippen molar-refractivity contribution >= 4 is 46.7 Å². The molecule has 3 rings (SSSR count). The fraction of sp³-hybridized carbons (Fsp3) is 0.600. The van der Waals surface area contributed by atoms with Gasteiger partial charge in [0.1, 0.15) is 11.7 Å². The first-order valence-corrected chi connectivity index (χ1v) is 16.3. The number of likely N-dealkylation sites (tertiary alicyclic amines) is 1. The molecule has 11 heteroatoms. The summed E-state index contributed by atoms with van der Waals surface area (Å²) in [5, 5.41) is 5.66. The number of thiazole rings is 1. The quantitative estimate of drug-likeness (QED) is 0.231. The van der Waals surface area contributed by atoms with Gasteiger partial charge in [-0.15, -0.1) is 11.3 Å². The highest BCUT2D eigenvalue weighted by Gasteiger charge is 2.33. The van der Waals surface area contributed by atoms with E-state index in [2.05, 4.69) is 33.8 Å². The van der Waals surface area contributed by atoms with E-state index >= 15 is 0 Å². The summed E-state index contributed by atoms with van der Waals surface area (Å²) in [7, 11) is 3.76. The predicted molar refractivity (Wildman–Crippen MR) is 170 cm³/mol. The molecule has 0 radical (unpaired) electrons. The fourth-order valence-electron chi connectivity index (χ4n) is 4.38. The van der Waals surface area contributed by atoms with E-state index in [-0.39, 0.29) is 29.7 Å². The third kappa shape index (κ3) is 11.3. The summed E-state index contributed by atoms with van der Waals surface area (Å²) >= 11 is 2.66. The average Bonchev–Trinajstić information content (AvgIpc) is 3.44. The zero-order valence-corrected chi connectivity index (χ0v) is 27.1. The van der Waals surface area contributed by atoms with Gasteiger partial charge in [0.2, 0.25) is 11.8 Å². The lowest BCUT2D eigenvalue weighted by atomic mass is 9.96. The van der Waals surface area contributed by atoms with Crippen LogP contribution in [0.3, 0.4) is 0 Å². The number of nitrogens with zero attached hydrogens (tertiary/aromatic N) is 3. The van der Waals surface area contributed by atoms with Gasteiger partial charge in [0.05, 0.1) is 11.0 Å². The van der Waals surface area contributed by atoms with Gasteiger partial charge in [-0.05, 0) is 75.0 Å². The minimum atomic E-state index is -0.540. The number of carbonyl (C=O) groups excluding carboxylic acids is 3. The van der Waals surface area contributed by atoms with Gasteiger partial charge in [-0.2, -0.15) is 0 Å². The third-order valence-electron chi connectivity index (χ3n) is 7.04. The molecule has 3 atom stereocenters. The van der Waals surface area contributed by atoms with E-state index in [0.29, 0.717) is 30.8 Å². The van der Waals surface area contributed by atoms with Crippen LogP contribution < -0.4 is 15.8 Å². The third-order valence-corrected chi connectivity index (χ3v) is 8.74. The number of carbonyl (C=O) groups is 3. The Hall–Kier alpha value is -2.63. The summed E-state index contributed by atoms with van der Waals surface area (Å²) in [5.74, 6) is -0.334. The van der Waals surface area contributed by atoms with Crippen LogP contribution in [-0.2, 0) is 16.0 Å². The molecule has 0 spiro atoms. The normalized spacial score (nSPS) is 16.6. The van der Waals surface area contributed by atoms with E-state index in [4.69, 9.17) is 5.73 Å². The number of likely N-dealkylation sites (N-methyl/N-ethyl adjacent to an activating group) is 2. The van der Waals surface area contributed by atoms with Crippen molar-refractivity contribution in [2.45, 2.75) is 89.6 Å².